The lowest BCUT2D eigenvalue weighted by Gasteiger charge is -2.37. The van der Waals surface area contributed by atoms with E-state index < -0.39 is 40.3 Å². The Kier molecular flexibility index (Phi) is 5.99. The van der Waals surface area contributed by atoms with E-state index in [1.807, 2.05) is 0 Å². The largest absolute Gasteiger partial charge is 0.504 e. The van der Waals surface area contributed by atoms with Gasteiger partial charge in [0.15, 0.2) is 11.5 Å². The maximum atomic E-state index is 12.7. The number of halogens is 1. The molecule has 0 radical (unpaired) electrons. The number of carbonyl (C=O) groups excluding carboxylic acids is 3. The number of β-lactam (4-membered cyclic amide) rings is 1. The maximum absolute atomic E-state index is 12.7. The molecule has 0 aliphatic carbocycles. The molecule has 3 heterocycles. The first-order chi connectivity index (χ1) is 15.5. The first-order valence-corrected chi connectivity index (χ1v) is 11.4. The number of nitrogens with zero attached hydrogens (tertiary/aromatic N) is 3. The molecule has 3 fully saturated rings. The van der Waals surface area contributed by atoms with Crippen LogP contribution in [0.2, 0.25) is 5.02 Å². The van der Waals surface area contributed by atoms with Crippen LogP contribution in [0.1, 0.15) is 23.7 Å². The fourth-order valence-corrected chi connectivity index (χ4v) is 6.16. The van der Waals surface area contributed by atoms with Crippen molar-refractivity contribution in [3.05, 3.63) is 22.7 Å². The predicted octanol–water partition coefficient (Wildman–Crippen LogP) is 1.16. The monoisotopic (exact) mass is 499 g/mol. The van der Waals surface area contributed by atoms with Crippen molar-refractivity contribution in [1.29, 1.82) is 0 Å². The second kappa shape index (κ2) is 8.49. The zero-order valence-corrected chi connectivity index (χ0v) is 19.1. The van der Waals surface area contributed by atoms with Gasteiger partial charge in [-0.2, -0.15) is 0 Å². The Morgan fingerprint density at radius 3 is 2.42 bits per heavy atom. The van der Waals surface area contributed by atoms with E-state index in [0.29, 0.717) is 0 Å². The molecule has 13 heteroatoms. The van der Waals surface area contributed by atoms with E-state index in [1.54, 1.807) is 6.92 Å². The van der Waals surface area contributed by atoms with Gasteiger partial charge in [0.25, 0.3) is 5.91 Å². The van der Waals surface area contributed by atoms with Crippen LogP contribution in [0.15, 0.2) is 12.1 Å². The summed E-state index contributed by atoms with van der Waals surface area (Å²) in [5.74, 6) is -2.82. The number of aliphatic carboxylic acids is 1. The van der Waals surface area contributed by atoms with Crippen LogP contribution in [-0.2, 0) is 14.3 Å². The summed E-state index contributed by atoms with van der Waals surface area (Å²) < 4.78 is 4.45. The topological polar surface area (TPSA) is 148 Å². The molecule has 3 saturated heterocycles. The van der Waals surface area contributed by atoms with E-state index in [9.17, 15) is 34.5 Å². The molecule has 1 aromatic carbocycles. The number of fused-ring (bicyclic) bond motifs is 1. The molecule has 0 bridgehead atoms. The van der Waals surface area contributed by atoms with Crippen LogP contribution in [0.4, 0.5) is 4.79 Å². The van der Waals surface area contributed by atoms with Crippen LogP contribution < -0.4 is 0 Å². The van der Waals surface area contributed by atoms with Crippen molar-refractivity contribution in [3.63, 3.8) is 0 Å². The van der Waals surface area contributed by atoms with Crippen LogP contribution >= 0.6 is 23.4 Å². The molecular weight excluding hydrogens is 478 g/mol. The molecule has 3 N–H and O–H groups in total. The number of hydrogen-bond acceptors (Lipinski definition) is 8. The minimum absolute atomic E-state index is 0.0352. The highest BCUT2D eigenvalue weighted by atomic mass is 35.5. The van der Waals surface area contributed by atoms with Crippen molar-refractivity contribution in [3.8, 4) is 11.5 Å². The van der Waals surface area contributed by atoms with Crippen molar-refractivity contribution < 1.29 is 39.2 Å². The van der Waals surface area contributed by atoms with Crippen molar-refractivity contribution in [2.75, 3.05) is 32.8 Å². The molecule has 1 aromatic rings. The second-order valence-electron chi connectivity index (χ2n) is 8.26. The predicted molar refractivity (Wildman–Crippen MR) is 116 cm³/mol. The van der Waals surface area contributed by atoms with E-state index in [0.717, 1.165) is 0 Å². The molecule has 0 aromatic heterocycles. The summed E-state index contributed by atoms with van der Waals surface area (Å²) in [7, 11) is 0. The lowest BCUT2D eigenvalue weighted by molar-refractivity contribution is -0.158. The SMILES string of the molecule is C[C@@]1(COC(=O)N2CCN(C(=O)c3ccc(O)c(O)c3Cl)CC2)S[C@@H]2CC(=O)N2[C@H]1C(=O)O. The first-order valence-electron chi connectivity index (χ1n) is 10.2. The number of carbonyl (C=O) groups is 4. The highest BCUT2D eigenvalue weighted by molar-refractivity contribution is 8.01. The van der Waals surface area contributed by atoms with Crippen LogP contribution in [0.25, 0.3) is 0 Å². The average Bonchev–Trinajstić information content (AvgIpc) is 3.03. The van der Waals surface area contributed by atoms with Gasteiger partial charge < -0.3 is 34.8 Å². The summed E-state index contributed by atoms with van der Waals surface area (Å²) in [5, 5.41) is 28.3. The van der Waals surface area contributed by atoms with Crippen LogP contribution in [-0.4, -0.2) is 103 Å². The molecule has 0 unspecified atom stereocenters. The number of carboxylic acid groups (broad SMARTS) is 1. The minimum Gasteiger partial charge on any atom is -0.504 e. The molecule has 33 heavy (non-hydrogen) atoms. The Morgan fingerprint density at radius 2 is 1.82 bits per heavy atom. The fourth-order valence-electron chi connectivity index (χ4n) is 4.25. The smallest absolute Gasteiger partial charge is 0.409 e. The Hall–Kier alpha value is -2.86. The third-order valence-electron chi connectivity index (χ3n) is 6.08. The Labute approximate surface area is 197 Å². The van der Waals surface area contributed by atoms with Crippen molar-refractivity contribution in [2.45, 2.75) is 29.5 Å². The quantitative estimate of drug-likeness (QED) is 0.410. The number of aromatic hydroxyl groups is 2. The van der Waals surface area contributed by atoms with Gasteiger partial charge in [0, 0.05) is 26.2 Å². The number of thioether (sulfide) groups is 1. The highest BCUT2D eigenvalue weighted by Gasteiger charge is 2.61. The molecule has 178 valence electrons. The molecule has 3 amide bonds. The number of phenols is 2. The Morgan fingerprint density at radius 1 is 1.18 bits per heavy atom. The molecule has 3 aliphatic rings. The van der Waals surface area contributed by atoms with Crippen molar-refractivity contribution in [2.24, 2.45) is 0 Å². The zero-order valence-electron chi connectivity index (χ0n) is 17.6. The van der Waals surface area contributed by atoms with Gasteiger partial charge in [-0.25, -0.2) is 9.59 Å². The van der Waals surface area contributed by atoms with Gasteiger partial charge in [-0.15, -0.1) is 11.8 Å². The average molecular weight is 500 g/mol. The van der Waals surface area contributed by atoms with Gasteiger partial charge >= 0.3 is 12.1 Å². The Bertz CT molecular complexity index is 1030. The number of rotatable bonds is 4. The number of phenolic OH excluding ortho intramolecular Hbond substituents is 2. The van der Waals surface area contributed by atoms with Crippen LogP contribution in [0, 0.1) is 0 Å². The minimum atomic E-state index is -1.14. The Balaban J connectivity index is 1.33. The maximum Gasteiger partial charge on any atom is 0.409 e. The first kappa shape index (κ1) is 23.3. The van der Waals surface area contributed by atoms with Crippen molar-refractivity contribution >= 4 is 47.2 Å². The number of carboxylic acids is 1. The van der Waals surface area contributed by atoms with E-state index in [2.05, 4.69) is 0 Å². The van der Waals surface area contributed by atoms with Crippen LogP contribution in [0.3, 0.4) is 0 Å². The number of benzene rings is 1. The summed E-state index contributed by atoms with van der Waals surface area (Å²) >= 11 is 7.29. The van der Waals surface area contributed by atoms with Gasteiger partial charge in [0.05, 0.1) is 27.1 Å². The molecule has 0 saturated carbocycles. The molecule has 4 rings (SSSR count). The van der Waals surface area contributed by atoms with Gasteiger partial charge in [0.1, 0.15) is 12.6 Å². The van der Waals surface area contributed by atoms with Crippen LogP contribution in [0.5, 0.6) is 11.5 Å². The third-order valence-corrected chi connectivity index (χ3v) is 8.00. The number of amides is 3. The lowest BCUT2D eigenvalue weighted by Crippen LogP contribution is -2.58. The van der Waals surface area contributed by atoms with Crippen molar-refractivity contribution in [1.82, 2.24) is 14.7 Å². The van der Waals surface area contributed by atoms with Gasteiger partial charge in [-0.3, -0.25) is 9.59 Å². The zero-order chi connectivity index (χ0) is 24.1. The summed E-state index contributed by atoms with van der Waals surface area (Å²) in [6, 6.07) is 1.42. The summed E-state index contributed by atoms with van der Waals surface area (Å²) in [6.45, 7) is 2.26. The van der Waals surface area contributed by atoms with Gasteiger partial charge in [-0.05, 0) is 19.1 Å². The fraction of sp³-hybridized carbons (Fsp3) is 0.500. The summed E-state index contributed by atoms with van der Waals surface area (Å²) in [5.41, 5.74) is 0.0352. The van der Waals surface area contributed by atoms with E-state index >= 15 is 0 Å². The van der Waals surface area contributed by atoms with E-state index in [1.165, 1.54) is 38.6 Å². The molecule has 3 aliphatic heterocycles. The standard InChI is InChI=1S/C20H22ClN3O8S/c1-20(16(18(29)30)24-12(26)8-13(24)33-20)9-32-19(31)23-6-4-22(5-7-23)17(28)10-2-3-11(25)15(27)14(10)21/h2-3,13,16,25,27H,4-9H2,1H3,(H,29,30)/t13-,16+,20+/m1/s1. The lowest BCUT2D eigenvalue weighted by atomic mass is 9.97. The highest BCUT2D eigenvalue weighted by Crippen LogP contribution is 2.51. The van der Waals surface area contributed by atoms with Gasteiger partial charge in [0.2, 0.25) is 5.91 Å². The van der Waals surface area contributed by atoms with Gasteiger partial charge in [-0.1, -0.05) is 11.6 Å². The molecule has 11 nitrogen and oxygen atoms in total. The molecule has 0 spiro atoms. The van der Waals surface area contributed by atoms with E-state index in [-0.39, 0.29) is 61.1 Å². The second-order valence-corrected chi connectivity index (χ2v) is 10.4. The number of ether oxygens (including phenoxy) is 1. The third kappa shape index (κ3) is 4.01. The number of hydrogen-bond donors (Lipinski definition) is 3. The van der Waals surface area contributed by atoms with E-state index in [4.69, 9.17) is 16.3 Å². The normalized spacial score (nSPS) is 26.6. The molecular formula is C20H22ClN3O8S. The summed E-state index contributed by atoms with van der Waals surface area (Å²) in [6.07, 6.45) is -0.356. The number of piperazine rings is 1. The summed E-state index contributed by atoms with van der Waals surface area (Å²) in [4.78, 5) is 53.1. The molecule has 3 atom stereocenters.